The van der Waals surface area contributed by atoms with Crippen molar-refractivity contribution in [2.24, 2.45) is 0 Å². The van der Waals surface area contributed by atoms with Crippen molar-refractivity contribution < 1.29 is 38.2 Å². The van der Waals surface area contributed by atoms with E-state index < -0.39 is 11.9 Å². The van der Waals surface area contributed by atoms with Crippen molar-refractivity contribution >= 4 is 71.3 Å². The maximum absolute atomic E-state index is 11.8. The Morgan fingerprint density at radius 1 is 0.692 bits per heavy atom. The molecule has 26 heavy (non-hydrogen) atoms. The molecule has 0 atom stereocenters. The second kappa shape index (κ2) is 12.6. The van der Waals surface area contributed by atoms with Crippen LogP contribution in [-0.4, -0.2) is 38.5 Å². The monoisotopic (exact) mass is 436 g/mol. The first kappa shape index (κ1) is 24.3. The second-order valence-corrected chi connectivity index (χ2v) is 8.91. The maximum Gasteiger partial charge on any atom is 0.373 e. The van der Waals surface area contributed by atoms with Crippen LogP contribution < -0.4 is 0 Å². The fourth-order valence-corrected chi connectivity index (χ4v) is 6.68. The molecule has 2 rings (SSSR count). The molecular formula is C14H12O8S4. The van der Waals surface area contributed by atoms with Crippen LogP contribution in [0, 0.1) is 0 Å². The Morgan fingerprint density at radius 3 is 1.23 bits per heavy atom. The standard InChI is InChI=1S/C12H12O4S4.2CO2/c1-5-6(2)18-11(17-5)12-19-7(9(13)15-3)8(20-12)10(14)16-4;2*2-1-3/h1-4H3;;. The highest BCUT2D eigenvalue weighted by molar-refractivity contribution is 8.34. The van der Waals surface area contributed by atoms with Crippen molar-refractivity contribution in [3.63, 3.8) is 0 Å². The van der Waals surface area contributed by atoms with Crippen molar-refractivity contribution in [2.45, 2.75) is 13.8 Å². The molecule has 8 nitrogen and oxygen atoms in total. The number of thioether (sulfide) groups is 4. The molecule has 0 aromatic rings. The zero-order chi connectivity index (χ0) is 20.3. The van der Waals surface area contributed by atoms with Crippen LogP contribution in [0.2, 0.25) is 0 Å². The van der Waals surface area contributed by atoms with Crippen molar-refractivity contribution in [3.8, 4) is 0 Å². The van der Waals surface area contributed by atoms with Gasteiger partial charge in [0.1, 0.15) is 9.81 Å². The van der Waals surface area contributed by atoms with Gasteiger partial charge in [0.15, 0.2) is 0 Å². The summed E-state index contributed by atoms with van der Waals surface area (Å²) in [7, 11) is 2.60. The minimum atomic E-state index is -0.507. The van der Waals surface area contributed by atoms with Crippen LogP contribution in [0.5, 0.6) is 0 Å². The van der Waals surface area contributed by atoms with Gasteiger partial charge in [-0.3, -0.25) is 0 Å². The van der Waals surface area contributed by atoms with Gasteiger partial charge < -0.3 is 9.47 Å². The van der Waals surface area contributed by atoms with Gasteiger partial charge in [-0.05, 0) is 23.7 Å². The fraction of sp³-hybridized carbons (Fsp3) is 0.286. The normalized spacial score (nSPS) is 15.2. The molecule has 2 heterocycles. The molecule has 0 amide bonds. The highest BCUT2D eigenvalue weighted by Crippen LogP contribution is 2.59. The van der Waals surface area contributed by atoms with E-state index in [1.807, 2.05) is 0 Å². The Kier molecular flexibility index (Phi) is 11.8. The quantitative estimate of drug-likeness (QED) is 0.592. The predicted molar refractivity (Wildman–Crippen MR) is 96.8 cm³/mol. The van der Waals surface area contributed by atoms with Gasteiger partial charge in [-0.15, -0.1) is 0 Å². The summed E-state index contributed by atoms with van der Waals surface area (Å²) in [5, 5.41) is 0. The second-order valence-electron chi connectivity index (χ2n) is 3.90. The molecule has 0 unspecified atom stereocenters. The third kappa shape index (κ3) is 6.91. The first-order valence-corrected chi connectivity index (χ1v) is 9.60. The van der Waals surface area contributed by atoms with Gasteiger partial charge in [-0.2, -0.15) is 19.2 Å². The van der Waals surface area contributed by atoms with Gasteiger partial charge in [-0.25, -0.2) is 9.59 Å². The number of carbonyl (C=O) groups excluding carboxylic acids is 6. The lowest BCUT2D eigenvalue weighted by atomic mass is 10.5. The summed E-state index contributed by atoms with van der Waals surface area (Å²) in [6.07, 6.45) is 0.500. The predicted octanol–water partition coefficient (Wildman–Crippen LogP) is 2.72. The van der Waals surface area contributed by atoms with E-state index in [-0.39, 0.29) is 12.3 Å². The molecule has 0 bridgehead atoms. The van der Waals surface area contributed by atoms with Gasteiger partial charge in [0.25, 0.3) is 0 Å². The van der Waals surface area contributed by atoms with E-state index in [9.17, 15) is 9.59 Å². The third-order valence-corrected chi connectivity index (χ3v) is 8.20. The molecule has 0 saturated carbocycles. The van der Waals surface area contributed by atoms with Gasteiger partial charge in [0, 0.05) is 0 Å². The average molecular weight is 437 g/mol. The lowest BCUT2D eigenvalue weighted by molar-refractivity contribution is -0.193. The summed E-state index contributed by atoms with van der Waals surface area (Å²) in [6, 6.07) is 0. The largest absolute Gasteiger partial charge is 0.465 e. The molecule has 0 aromatic carbocycles. The molecule has 140 valence electrons. The summed E-state index contributed by atoms with van der Waals surface area (Å²) in [4.78, 5) is 59.1. The summed E-state index contributed by atoms with van der Waals surface area (Å²) in [5.41, 5.74) is 0. The number of allylic oxidation sites excluding steroid dienone is 2. The van der Waals surface area contributed by atoms with Crippen LogP contribution in [0.4, 0.5) is 0 Å². The van der Waals surface area contributed by atoms with Crippen LogP contribution in [0.3, 0.4) is 0 Å². The Morgan fingerprint density at radius 2 is 0.962 bits per heavy atom. The molecule has 2 aliphatic rings. The molecule has 2 aliphatic heterocycles. The number of hydrogen-bond donors (Lipinski definition) is 0. The number of esters is 2. The van der Waals surface area contributed by atoms with Gasteiger partial charge in [0.2, 0.25) is 0 Å². The Balaban J connectivity index is 0.000000918. The first-order chi connectivity index (χ1) is 12.3. The summed E-state index contributed by atoms with van der Waals surface area (Å²) < 4.78 is 11.5. The van der Waals surface area contributed by atoms with Gasteiger partial charge >= 0.3 is 24.2 Å². The van der Waals surface area contributed by atoms with Crippen LogP contribution in [0.25, 0.3) is 0 Å². The smallest absolute Gasteiger partial charge is 0.373 e. The minimum Gasteiger partial charge on any atom is -0.465 e. The molecule has 0 aromatic heterocycles. The first-order valence-electron chi connectivity index (χ1n) is 6.33. The van der Waals surface area contributed by atoms with E-state index in [1.54, 1.807) is 23.5 Å². The summed E-state index contributed by atoms with van der Waals surface area (Å²) >= 11 is 5.88. The Hall–Kier alpha value is -1.68. The average Bonchev–Trinajstić information content (AvgIpc) is 3.19. The van der Waals surface area contributed by atoms with E-state index in [0.29, 0.717) is 9.81 Å². The number of hydrogen-bond acceptors (Lipinski definition) is 12. The van der Waals surface area contributed by atoms with E-state index >= 15 is 0 Å². The lowest BCUT2D eigenvalue weighted by Crippen LogP contribution is -2.08. The van der Waals surface area contributed by atoms with E-state index in [2.05, 4.69) is 13.8 Å². The lowest BCUT2D eigenvalue weighted by Gasteiger charge is -2.01. The summed E-state index contributed by atoms with van der Waals surface area (Å²) in [5.74, 6) is -1.01. The van der Waals surface area contributed by atoms with E-state index in [0.717, 1.165) is 8.47 Å². The highest BCUT2D eigenvalue weighted by Gasteiger charge is 2.35. The zero-order valence-corrected chi connectivity index (χ0v) is 17.2. The van der Waals surface area contributed by atoms with Crippen LogP contribution in [0.1, 0.15) is 13.8 Å². The molecule has 0 aliphatic carbocycles. The van der Waals surface area contributed by atoms with Crippen LogP contribution in [-0.2, 0) is 38.2 Å². The molecule has 0 radical (unpaired) electrons. The third-order valence-electron chi connectivity index (χ3n) is 2.49. The molecule has 0 saturated heterocycles. The van der Waals surface area contributed by atoms with Crippen molar-refractivity contribution in [2.75, 3.05) is 14.2 Å². The number of methoxy groups -OCH3 is 2. The van der Waals surface area contributed by atoms with Gasteiger partial charge in [0.05, 0.1) is 22.7 Å². The zero-order valence-electron chi connectivity index (χ0n) is 13.9. The SMILES string of the molecule is COC(=O)C1=C(C(=O)OC)SC(=C2SC(C)=C(C)S2)S1.O=C=O.O=C=O. The van der Waals surface area contributed by atoms with Crippen molar-refractivity contribution in [1.82, 2.24) is 0 Å². The topological polar surface area (TPSA) is 121 Å². The number of ether oxygens (including phenoxy) is 2. The molecule has 0 fully saturated rings. The molecular weight excluding hydrogens is 424 g/mol. The maximum atomic E-state index is 11.8. The molecule has 0 spiro atoms. The molecule has 12 heteroatoms. The van der Waals surface area contributed by atoms with Crippen molar-refractivity contribution in [3.05, 3.63) is 28.1 Å². The van der Waals surface area contributed by atoms with Crippen LogP contribution in [0.15, 0.2) is 28.1 Å². The Labute approximate surface area is 165 Å². The Bertz CT molecular complexity index is 680. The number of carbonyl (C=O) groups is 2. The van der Waals surface area contributed by atoms with E-state index in [4.69, 9.17) is 28.7 Å². The molecule has 0 N–H and O–H groups in total. The van der Waals surface area contributed by atoms with Crippen molar-refractivity contribution in [1.29, 1.82) is 0 Å². The summed E-state index contributed by atoms with van der Waals surface area (Å²) in [6.45, 7) is 4.11. The number of rotatable bonds is 2. The highest BCUT2D eigenvalue weighted by atomic mass is 32.2. The fourth-order valence-electron chi connectivity index (χ4n) is 1.36. The minimum absolute atomic E-state index is 0.250. The van der Waals surface area contributed by atoms with Crippen LogP contribution >= 0.6 is 47.0 Å². The van der Waals surface area contributed by atoms with E-state index in [1.165, 1.54) is 47.6 Å². The van der Waals surface area contributed by atoms with Gasteiger partial charge in [-0.1, -0.05) is 47.0 Å².